The highest BCUT2D eigenvalue weighted by Crippen LogP contribution is 2.35. The third-order valence-corrected chi connectivity index (χ3v) is 6.50. The van der Waals surface area contributed by atoms with Crippen LogP contribution in [0.15, 0.2) is 57.4 Å². The number of fused-ring (bicyclic) bond motifs is 3. The highest BCUT2D eigenvalue weighted by Gasteiger charge is 2.40. The van der Waals surface area contributed by atoms with Gasteiger partial charge in [-0.1, -0.05) is 24.3 Å². The molecule has 0 aliphatic carbocycles. The maximum absolute atomic E-state index is 12.9. The highest BCUT2D eigenvalue weighted by molar-refractivity contribution is 5.92. The number of hydrogen-bond acceptors (Lipinski definition) is 4. The number of amides is 1. The fourth-order valence-electron chi connectivity index (χ4n) is 4.86. The van der Waals surface area contributed by atoms with Gasteiger partial charge in [0.1, 0.15) is 17.3 Å². The van der Waals surface area contributed by atoms with Crippen molar-refractivity contribution in [1.82, 2.24) is 10.2 Å². The predicted molar refractivity (Wildman–Crippen MR) is 112 cm³/mol. The Kier molecular flexibility index (Phi) is 4.55. The third kappa shape index (κ3) is 3.29. The van der Waals surface area contributed by atoms with Gasteiger partial charge in [-0.3, -0.25) is 9.69 Å². The van der Waals surface area contributed by atoms with E-state index in [1.54, 1.807) is 6.07 Å². The number of nitrogens with one attached hydrogen (secondary N) is 1. The fraction of sp³-hybridized carbons (Fsp3) is 0.375. The molecule has 2 bridgehead atoms. The second-order valence-corrected chi connectivity index (χ2v) is 8.23. The SMILES string of the molecule is Cc1ccc(-c2ccccc2-c2ccc(C(=O)NC3C4CCN(CC4)C3C)o2)o1. The van der Waals surface area contributed by atoms with Gasteiger partial charge < -0.3 is 14.2 Å². The first kappa shape index (κ1) is 18.3. The topological polar surface area (TPSA) is 58.6 Å². The van der Waals surface area contributed by atoms with E-state index in [9.17, 15) is 4.79 Å². The standard InChI is InChI=1S/C24H26N2O3/c1-15-7-8-20(28-15)18-5-3-4-6-19(18)21-9-10-22(29-21)24(27)25-23-16(2)26-13-11-17(23)12-14-26/h3-10,16-17,23H,11-14H2,1-2H3,(H,25,27). The zero-order valence-corrected chi connectivity index (χ0v) is 16.9. The van der Waals surface area contributed by atoms with Crippen molar-refractivity contribution in [2.45, 2.75) is 38.8 Å². The van der Waals surface area contributed by atoms with Crippen molar-refractivity contribution in [3.05, 3.63) is 60.1 Å². The van der Waals surface area contributed by atoms with Crippen LogP contribution in [-0.2, 0) is 0 Å². The third-order valence-electron chi connectivity index (χ3n) is 6.50. The van der Waals surface area contributed by atoms with Gasteiger partial charge in [-0.05, 0) is 70.0 Å². The molecule has 1 N–H and O–H groups in total. The van der Waals surface area contributed by atoms with E-state index in [1.165, 1.54) is 0 Å². The Morgan fingerprint density at radius 1 is 0.966 bits per heavy atom. The molecule has 0 radical (unpaired) electrons. The van der Waals surface area contributed by atoms with Crippen molar-refractivity contribution in [3.8, 4) is 22.6 Å². The number of carbonyl (C=O) groups excluding carboxylic acids is 1. The minimum atomic E-state index is -0.131. The lowest BCUT2D eigenvalue weighted by Gasteiger charge is -2.49. The molecule has 5 nitrogen and oxygen atoms in total. The summed E-state index contributed by atoms with van der Waals surface area (Å²) in [5, 5.41) is 3.24. The first-order valence-electron chi connectivity index (χ1n) is 10.4. The summed E-state index contributed by atoms with van der Waals surface area (Å²) in [5.41, 5.74) is 1.87. The van der Waals surface area contributed by atoms with Gasteiger partial charge >= 0.3 is 0 Å². The van der Waals surface area contributed by atoms with Gasteiger partial charge in [0.05, 0.1) is 0 Å². The van der Waals surface area contributed by atoms with Crippen LogP contribution in [0.25, 0.3) is 22.6 Å². The Morgan fingerprint density at radius 2 is 1.62 bits per heavy atom. The second-order valence-electron chi connectivity index (χ2n) is 8.23. The van der Waals surface area contributed by atoms with Gasteiger partial charge in [-0.25, -0.2) is 0 Å². The maximum Gasteiger partial charge on any atom is 0.287 e. The summed E-state index contributed by atoms with van der Waals surface area (Å²) in [5.74, 6) is 3.11. The number of hydrogen-bond donors (Lipinski definition) is 1. The Bertz CT molecular complexity index is 1020. The normalized spacial score (nSPS) is 25.9. The summed E-state index contributed by atoms with van der Waals surface area (Å²) in [6.07, 6.45) is 2.32. The van der Waals surface area contributed by atoms with Crippen LogP contribution < -0.4 is 5.32 Å². The van der Waals surface area contributed by atoms with Crippen molar-refractivity contribution in [2.24, 2.45) is 5.92 Å². The van der Waals surface area contributed by atoms with E-state index >= 15 is 0 Å². The Balaban J connectivity index is 1.38. The molecule has 3 fully saturated rings. The van der Waals surface area contributed by atoms with Crippen LogP contribution in [0.3, 0.4) is 0 Å². The van der Waals surface area contributed by atoms with E-state index in [2.05, 4.69) is 17.1 Å². The van der Waals surface area contributed by atoms with Crippen LogP contribution >= 0.6 is 0 Å². The lowest BCUT2D eigenvalue weighted by Crippen LogP contribution is -2.62. The van der Waals surface area contributed by atoms with E-state index in [1.807, 2.05) is 49.4 Å². The zero-order valence-electron chi connectivity index (χ0n) is 16.9. The van der Waals surface area contributed by atoms with Gasteiger partial charge in [-0.15, -0.1) is 0 Å². The van der Waals surface area contributed by atoms with E-state index in [0.29, 0.717) is 23.5 Å². The number of carbonyl (C=O) groups is 1. The van der Waals surface area contributed by atoms with Gasteiger partial charge in [0.25, 0.3) is 5.91 Å². The number of nitrogens with zero attached hydrogens (tertiary/aromatic N) is 1. The van der Waals surface area contributed by atoms with Crippen molar-refractivity contribution in [2.75, 3.05) is 13.1 Å². The molecule has 6 rings (SSSR count). The van der Waals surface area contributed by atoms with Gasteiger partial charge in [0.2, 0.25) is 0 Å². The van der Waals surface area contributed by atoms with Crippen molar-refractivity contribution >= 4 is 5.91 Å². The van der Waals surface area contributed by atoms with E-state index in [4.69, 9.17) is 8.83 Å². The minimum absolute atomic E-state index is 0.131. The number of aryl methyl sites for hydroxylation is 1. The summed E-state index contributed by atoms with van der Waals surface area (Å²) in [4.78, 5) is 15.4. The molecule has 150 valence electrons. The molecule has 2 aromatic heterocycles. The molecule has 3 aliphatic rings. The number of rotatable bonds is 4. The van der Waals surface area contributed by atoms with Crippen LogP contribution in [0.1, 0.15) is 36.1 Å². The Hall–Kier alpha value is -2.79. The quantitative estimate of drug-likeness (QED) is 0.700. The van der Waals surface area contributed by atoms with Crippen LogP contribution in [-0.4, -0.2) is 36.0 Å². The molecule has 3 aliphatic heterocycles. The highest BCUT2D eigenvalue weighted by atomic mass is 16.4. The molecule has 3 saturated heterocycles. The van der Waals surface area contributed by atoms with Crippen LogP contribution in [0.2, 0.25) is 0 Å². The number of benzene rings is 1. The second kappa shape index (κ2) is 7.23. The Labute approximate surface area is 170 Å². The molecular formula is C24H26N2O3. The molecule has 1 aromatic carbocycles. The van der Waals surface area contributed by atoms with Crippen molar-refractivity contribution in [3.63, 3.8) is 0 Å². The monoisotopic (exact) mass is 390 g/mol. The lowest BCUT2D eigenvalue weighted by molar-refractivity contribution is 0.0211. The zero-order chi connectivity index (χ0) is 20.0. The lowest BCUT2D eigenvalue weighted by atomic mass is 9.79. The Morgan fingerprint density at radius 3 is 2.24 bits per heavy atom. The van der Waals surface area contributed by atoms with Crippen LogP contribution in [0.5, 0.6) is 0 Å². The molecule has 29 heavy (non-hydrogen) atoms. The maximum atomic E-state index is 12.9. The summed E-state index contributed by atoms with van der Waals surface area (Å²) in [7, 11) is 0. The van der Waals surface area contributed by atoms with E-state index in [0.717, 1.165) is 48.6 Å². The molecule has 2 unspecified atom stereocenters. The summed E-state index contributed by atoms with van der Waals surface area (Å²) >= 11 is 0. The van der Waals surface area contributed by atoms with E-state index < -0.39 is 0 Å². The predicted octanol–water partition coefficient (Wildman–Crippen LogP) is 4.73. The molecule has 5 heterocycles. The average molecular weight is 390 g/mol. The number of piperidine rings is 3. The summed E-state index contributed by atoms with van der Waals surface area (Å²) in [6.45, 7) is 6.43. The molecule has 0 saturated carbocycles. The molecule has 3 aromatic rings. The van der Waals surface area contributed by atoms with Crippen molar-refractivity contribution in [1.29, 1.82) is 0 Å². The summed E-state index contributed by atoms with van der Waals surface area (Å²) in [6, 6.07) is 16.0. The first-order valence-corrected chi connectivity index (χ1v) is 10.4. The first-order chi connectivity index (χ1) is 14.1. The van der Waals surface area contributed by atoms with Gasteiger partial charge in [-0.2, -0.15) is 0 Å². The molecular weight excluding hydrogens is 364 g/mol. The molecule has 1 amide bonds. The molecule has 5 heteroatoms. The van der Waals surface area contributed by atoms with Gasteiger partial charge in [0.15, 0.2) is 5.76 Å². The largest absolute Gasteiger partial charge is 0.461 e. The van der Waals surface area contributed by atoms with Crippen LogP contribution in [0.4, 0.5) is 0 Å². The van der Waals surface area contributed by atoms with Crippen LogP contribution in [0, 0.1) is 12.8 Å². The average Bonchev–Trinajstić information content (AvgIpc) is 3.40. The molecule has 2 atom stereocenters. The summed E-state index contributed by atoms with van der Waals surface area (Å²) < 4.78 is 11.8. The molecule has 0 spiro atoms. The number of furan rings is 2. The van der Waals surface area contributed by atoms with Crippen molar-refractivity contribution < 1.29 is 13.6 Å². The minimum Gasteiger partial charge on any atom is -0.461 e. The smallest absolute Gasteiger partial charge is 0.287 e. The fourth-order valence-corrected chi connectivity index (χ4v) is 4.86. The van der Waals surface area contributed by atoms with Gasteiger partial charge in [0, 0.05) is 23.2 Å². The van der Waals surface area contributed by atoms with E-state index in [-0.39, 0.29) is 11.9 Å².